The van der Waals surface area contributed by atoms with Crippen LogP contribution in [0, 0.1) is 0 Å². The van der Waals surface area contributed by atoms with Crippen LogP contribution in [0.2, 0.25) is 0 Å². The van der Waals surface area contributed by atoms with Crippen LogP contribution in [0.25, 0.3) is 0 Å². The number of nitrogens with zero attached hydrogens (tertiary/aromatic N) is 7. The first-order valence-corrected chi connectivity index (χ1v) is 12.7. The molecule has 0 atom stereocenters. The molecule has 3 heterocycles. The zero-order valence-electron chi connectivity index (χ0n) is 22.0. The van der Waals surface area contributed by atoms with E-state index in [9.17, 15) is 9.59 Å². The molecule has 1 saturated heterocycles. The SMILES string of the molecule is CCC(=O)N(c1ccccc1)C1(c2ccccn2)CCN(CCn2nnn(CC)c2=O)CC1.O=C(O)C(=O)O. The first-order valence-electron chi connectivity index (χ1n) is 12.7. The number of aryl methyl sites for hydroxylation is 1. The summed E-state index contributed by atoms with van der Waals surface area (Å²) in [5, 5.41) is 22.7. The number of carboxylic acids is 2. The number of rotatable bonds is 8. The van der Waals surface area contributed by atoms with Crippen LogP contribution in [-0.4, -0.2) is 77.4 Å². The number of aliphatic carboxylic acids is 2. The zero-order valence-corrected chi connectivity index (χ0v) is 22.0. The van der Waals surface area contributed by atoms with Crippen molar-refractivity contribution >= 4 is 23.5 Å². The fraction of sp³-hybridized carbons (Fsp3) is 0.423. The first-order chi connectivity index (χ1) is 18.7. The van der Waals surface area contributed by atoms with E-state index in [2.05, 4.69) is 15.3 Å². The van der Waals surface area contributed by atoms with Gasteiger partial charge < -0.3 is 20.0 Å². The second-order valence-electron chi connectivity index (χ2n) is 8.92. The Morgan fingerprint density at radius 1 is 0.897 bits per heavy atom. The Bertz CT molecular complexity index is 1290. The van der Waals surface area contributed by atoms with Gasteiger partial charge in [-0.15, -0.1) is 0 Å². The molecule has 39 heavy (non-hydrogen) atoms. The summed E-state index contributed by atoms with van der Waals surface area (Å²) in [5.41, 5.74) is 1.11. The summed E-state index contributed by atoms with van der Waals surface area (Å²) in [4.78, 5) is 52.7. The van der Waals surface area contributed by atoms with Crippen molar-refractivity contribution in [2.75, 3.05) is 24.5 Å². The van der Waals surface area contributed by atoms with E-state index in [-0.39, 0.29) is 11.6 Å². The number of carbonyl (C=O) groups is 3. The molecule has 3 aromatic rings. The van der Waals surface area contributed by atoms with Gasteiger partial charge in [0, 0.05) is 44.5 Å². The van der Waals surface area contributed by atoms with Crippen LogP contribution in [0.5, 0.6) is 0 Å². The summed E-state index contributed by atoms with van der Waals surface area (Å²) in [5.74, 6) is -3.56. The van der Waals surface area contributed by atoms with Gasteiger partial charge in [-0.05, 0) is 54.5 Å². The molecule has 1 fully saturated rings. The molecule has 2 aromatic heterocycles. The number of aromatic nitrogens is 5. The maximum absolute atomic E-state index is 13.3. The maximum Gasteiger partial charge on any atom is 0.414 e. The molecule has 208 valence electrons. The number of tetrazole rings is 1. The third-order valence-electron chi connectivity index (χ3n) is 6.63. The number of hydrogen-bond donors (Lipinski definition) is 2. The van der Waals surface area contributed by atoms with Crippen LogP contribution in [0.4, 0.5) is 5.69 Å². The number of benzene rings is 1. The van der Waals surface area contributed by atoms with E-state index in [1.165, 1.54) is 9.36 Å². The van der Waals surface area contributed by atoms with Gasteiger partial charge in [0.15, 0.2) is 0 Å². The van der Waals surface area contributed by atoms with Crippen LogP contribution < -0.4 is 10.6 Å². The molecule has 13 nitrogen and oxygen atoms in total. The Morgan fingerprint density at radius 3 is 2.03 bits per heavy atom. The second kappa shape index (κ2) is 13.4. The number of carboxylic acid groups (broad SMARTS) is 2. The number of para-hydroxylation sites is 1. The largest absolute Gasteiger partial charge is 0.473 e. The molecule has 13 heteroatoms. The lowest BCUT2D eigenvalue weighted by molar-refractivity contribution is -0.159. The van der Waals surface area contributed by atoms with Gasteiger partial charge in [0.25, 0.3) is 0 Å². The van der Waals surface area contributed by atoms with Crippen molar-refractivity contribution in [3.63, 3.8) is 0 Å². The van der Waals surface area contributed by atoms with Gasteiger partial charge in [0.05, 0.1) is 17.8 Å². The molecule has 4 rings (SSSR count). The maximum atomic E-state index is 13.3. The summed E-state index contributed by atoms with van der Waals surface area (Å²) in [6, 6.07) is 15.8. The fourth-order valence-electron chi connectivity index (χ4n) is 4.63. The van der Waals surface area contributed by atoms with Crippen LogP contribution in [-0.2, 0) is 33.0 Å². The van der Waals surface area contributed by atoms with Crippen molar-refractivity contribution in [1.82, 2.24) is 29.7 Å². The van der Waals surface area contributed by atoms with E-state index >= 15 is 0 Å². The predicted molar refractivity (Wildman–Crippen MR) is 141 cm³/mol. The molecule has 0 saturated carbocycles. The Balaban J connectivity index is 0.000000631. The van der Waals surface area contributed by atoms with Crippen LogP contribution >= 0.6 is 0 Å². The number of hydrogen-bond acceptors (Lipinski definition) is 8. The number of piperidine rings is 1. The molecule has 0 bridgehead atoms. The Kier molecular flexibility index (Phi) is 10.0. The summed E-state index contributed by atoms with van der Waals surface area (Å²) in [7, 11) is 0. The van der Waals surface area contributed by atoms with Crippen LogP contribution in [0.1, 0.15) is 38.8 Å². The number of amides is 1. The summed E-state index contributed by atoms with van der Waals surface area (Å²) in [6.07, 6.45) is 3.72. The van der Waals surface area contributed by atoms with Crippen LogP contribution in [0.3, 0.4) is 0 Å². The number of anilines is 1. The monoisotopic (exact) mass is 539 g/mol. The van der Waals surface area contributed by atoms with E-state index < -0.39 is 17.5 Å². The van der Waals surface area contributed by atoms with E-state index in [1.54, 1.807) is 6.20 Å². The molecule has 0 radical (unpaired) electrons. The minimum atomic E-state index is -1.82. The number of pyridine rings is 1. The zero-order chi connectivity index (χ0) is 28.4. The lowest BCUT2D eigenvalue weighted by Crippen LogP contribution is -2.56. The number of likely N-dealkylation sites (tertiary alicyclic amines) is 1. The third-order valence-corrected chi connectivity index (χ3v) is 6.63. The minimum Gasteiger partial charge on any atom is -0.473 e. The topological polar surface area (TPSA) is 164 Å². The van der Waals surface area contributed by atoms with Crippen molar-refractivity contribution in [1.29, 1.82) is 0 Å². The predicted octanol–water partition coefficient (Wildman–Crippen LogP) is 1.44. The Morgan fingerprint density at radius 2 is 1.51 bits per heavy atom. The normalized spacial score (nSPS) is 14.6. The molecule has 0 unspecified atom stereocenters. The smallest absolute Gasteiger partial charge is 0.414 e. The highest BCUT2D eigenvalue weighted by atomic mass is 16.4. The van der Waals surface area contributed by atoms with E-state index in [1.807, 2.05) is 67.3 Å². The molecule has 0 spiro atoms. The molecule has 0 aliphatic carbocycles. The quantitative estimate of drug-likeness (QED) is 0.400. The molecular weight excluding hydrogens is 506 g/mol. The van der Waals surface area contributed by atoms with Gasteiger partial charge in [-0.2, -0.15) is 9.36 Å². The highest BCUT2D eigenvalue weighted by Gasteiger charge is 2.45. The van der Waals surface area contributed by atoms with E-state index in [0.717, 1.165) is 37.3 Å². The van der Waals surface area contributed by atoms with Crippen molar-refractivity contribution in [3.8, 4) is 0 Å². The van der Waals surface area contributed by atoms with Gasteiger partial charge in [-0.25, -0.2) is 14.4 Å². The average Bonchev–Trinajstić information content (AvgIpc) is 3.32. The highest BCUT2D eigenvalue weighted by molar-refractivity contribution is 6.27. The fourth-order valence-corrected chi connectivity index (χ4v) is 4.63. The van der Waals surface area contributed by atoms with E-state index in [0.29, 0.717) is 26.1 Å². The number of carbonyl (C=O) groups excluding carboxylic acids is 1. The van der Waals surface area contributed by atoms with Gasteiger partial charge in [0.1, 0.15) is 0 Å². The van der Waals surface area contributed by atoms with Gasteiger partial charge >= 0.3 is 17.6 Å². The van der Waals surface area contributed by atoms with Gasteiger partial charge in [-0.1, -0.05) is 31.2 Å². The summed E-state index contributed by atoms with van der Waals surface area (Å²) < 4.78 is 2.78. The van der Waals surface area contributed by atoms with Crippen molar-refractivity contribution in [2.24, 2.45) is 0 Å². The Hall–Kier alpha value is -4.39. The standard InChI is InChI=1S/C24H31N7O2.C2H2O4/c1-3-22(32)31(20-10-6-5-7-11-20)24(21-12-8-9-15-25-21)13-16-28(17-14-24)18-19-30-23(33)29(4-2)26-27-30;3-1(4)2(5)6/h5-12,15H,3-4,13-14,16-19H2,1-2H3;(H,3,4)(H,5,6). The average molecular weight is 540 g/mol. The van der Waals surface area contributed by atoms with Crippen molar-refractivity contribution < 1.29 is 24.6 Å². The lowest BCUT2D eigenvalue weighted by Gasteiger charge is -2.48. The van der Waals surface area contributed by atoms with Gasteiger partial charge in [-0.3, -0.25) is 9.78 Å². The molecule has 1 aliphatic rings. The van der Waals surface area contributed by atoms with Crippen molar-refractivity contribution in [3.05, 3.63) is 70.9 Å². The summed E-state index contributed by atoms with van der Waals surface area (Å²) in [6.45, 7) is 7.05. The Labute approximate surface area is 225 Å². The summed E-state index contributed by atoms with van der Waals surface area (Å²) >= 11 is 0. The molecule has 1 amide bonds. The molecule has 2 N–H and O–H groups in total. The molecule has 1 aromatic carbocycles. The third kappa shape index (κ3) is 6.93. The highest BCUT2D eigenvalue weighted by Crippen LogP contribution is 2.41. The van der Waals surface area contributed by atoms with Crippen LogP contribution in [0.15, 0.2) is 59.5 Å². The van der Waals surface area contributed by atoms with E-state index in [4.69, 9.17) is 24.8 Å². The first kappa shape index (κ1) is 29.2. The second-order valence-corrected chi connectivity index (χ2v) is 8.92. The molecular formula is C26H33N7O6. The molecule has 1 aliphatic heterocycles. The van der Waals surface area contributed by atoms with Crippen molar-refractivity contribution in [2.45, 2.75) is 51.7 Å². The lowest BCUT2D eigenvalue weighted by atomic mass is 9.81. The van der Waals surface area contributed by atoms with Gasteiger partial charge in [0.2, 0.25) is 5.91 Å². The minimum absolute atomic E-state index is 0.0861.